The summed E-state index contributed by atoms with van der Waals surface area (Å²) in [4.78, 5) is 23.2. The van der Waals surface area contributed by atoms with Crippen LogP contribution in [0.25, 0.3) is 0 Å². The molecule has 0 radical (unpaired) electrons. The minimum atomic E-state index is -1.11. The highest BCUT2D eigenvalue weighted by molar-refractivity contribution is 6.32. The van der Waals surface area contributed by atoms with Crippen LogP contribution in [0.15, 0.2) is 42.5 Å². The summed E-state index contributed by atoms with van der Waals surface area (Å²) in [6.45, 7) is 0. The molecule has 0 saturated heterocycles. The van der Waals surface area contributed by atoms with Crippen LogP contribution in [-0.4, -0.2) is 24.1 Å². The Morgan fingerprint density at radius 1 is 1.19 bits per heavy atom. The molecule has 108 valence electrons. The summed E-state index contributed by atoms with van der Waals surface area (Å²) in [5, 5.41) is 11.9. The van der Waals surface area contributed by atoms with Crippen molar-refractivity contribution in [3.8, 4) is 5.75 Å². The first kappa shape index (κ1) is 14.9. The van der Waals surface area contributed by atoms with Crippen molar-refractivity contribution >= 4 is 29.2 Å². The molecular formula is C15H12ClNO4. The van der Waals surface area contributed by atoms with E-state index < -0.39 is 11.9 Å². The Bertz CT molecular complexity index is 700. The van der Waals surface area contributed by atoms with Crippen molar-refractivity contribution in [3.63, 3.8) is 0 Å². The van der Waals surface area contributed by atoms with Gasteiger partial charge in [0, 0.05) is 5.56 Å². The van der Waals surface area contributed by atoms with Crippen LogP contribution >= 0.6 is 11.6 Å². The largest absolute Gasteiger partial charge is 0.495 e. The highest BCUT2D eigenvalue weighted by atomic mass is 35.5. The molecule has 21 heavy (non-hydrogen) atoms. The summed E-state index contributed by atoms with van der Waals surface area (Å²) in [5.41, 5.74) is 0.549. The Hall–Kier alpha value is -2.53. The fourth-order valence-corrected chi connectivity index (χ4v) is 2.04. The van der Waals surface area contributed by atoms with Crippen molar-refractivity contribution in [1.29, 1.82) is 0 Å². The number of para-hydroxylation sites is 1. The molecule has 6 heteroatoms. The number of carboxylic acid groups (broad SMARTS) is 1. The maximum absolute atomic E-state index is 12.1. The van der Waals surface area contributed by atoms with E-state index in [4.69, 9.17) is 21.4 Å². The summed E-state index contributed by atoms with van der Waals surface area (Å²) >= 11 is 5.96. The quantitative estimate of drug-likeness (QED) is 0.908. The van der Waals surface area contributed by atoms with Gasteiger partial charge in [-0.05, 0) is 30.3 Å². The number of halogens is 1. The molecule has 1 amide bonds. The average molecular weight is 306 g/mol. The van der Waals surface area contributed by atoms with Gasteiger partial charge in [-0.15, -0.1) is 0 Å². The molecule has 2 rings (SSSR count). The van der Waals surface area contributed by atoms with Crippen LogP contribution in [0.4, 0.5) is 5.69 Å². The molecular weight excluding hydrogens is 294 g/mol. The third kappa shape index (κ3) is 3.32. The molecule has 0 heterocycles. The van der Waals surface area contributed by atoms with E-state index in [2.05, 4.69) is 5.32 Å². The number of carbonyl (C=O) groups excluding carboxylic acids is 1. The standard InChI is InChI=1S/C15H12ClNO4/c1-21-13-7-6-9(8-11(13)16)14(18)17-12-5-3-2-4-10(12)15(19)20/h2-8H,1H3,(H,17,18)(H,19,20). The molecule has 5 nitrogen and oxygen atoms in total. The number of benzene rings is 2. The number of aromatic carboxylic acids is 1. The van der Waals surface area contributed by atoms with E-state index in [1.807, 2.05) is 0 Å². The molecule has 0 aliphatic rings. The fraction of sp³-hybridized carbons (Fsp3) is 0.0667. The van der Waals surface area contributed by atoms with Crippen molar-refractivity contribution < 1.29 is 19.4 Å². The Labute approximate surface area is 126 Å². The third-order valence-electron chi connectivity index (χ3n) is 2.82. The van der Waals surface area contributed by atoms with Gasteiger partial charge in [0.1, 0.15) is 5.75 Å². The first-order chi connectivity index (χ1) is 10.0. The number of hydrogen-bond donors (Lipinski definition) is 2. The zero-order valence-electron chi connectivity index (χ0n) is 11.1. The van der Waals surface area contributed by atoms with Crippen LogP contribution in [0.3, 0.4) is 0 Å². The number of methoxy groups -OCH3 is 1. The molecule has 0 aromatic heterocycles. The Morgan fingerprint density at radius 3 is 2.52 bits per heavy atom. The van der Waals surface area contributed by atoms with Gasteiger partial charge in [-0.1, -0.05) is 23.7 Å². The number of hydrogen-bond acceptors (Lipinski definition) is 3. The van der Waals surface area contributed by atoms with Gasteiger partial charge in [-0.25, -0.2) is 4.79 Å². The zero-order chi connectivity index (χ0) is 15.4. The molecule has 0 bridgehead atoms. The van der Waals surface area contributed by atoms with Gasteiger partial charge in [-0.3, -0.25) is 4.79 Å². The Morgan fingerprint density at radius 2 is 1.90 bits per heavy atom. The van der Waals surface area contributed by atoms with Gasteiger partial charge >= 0.3 is 5.97 Å². The van der Waals surface area contributed by atoms with Crippen LogP contribution < -0.4 is 10.1 Å². The summed E-state index contributed by atoms with van der Waals surface area (Å²) in [6.07, 6.45) is 0. The van der Waals surface area contributed by atoms with Crippen molar-refractivity contribution in [2.24, 2.45) is 0 Å². The summed E-state index contributed by atoms with van der Waals surface area (Å²) < 4.78 is 5.01. The third-order valence-corrected chi connectivity index (χ3v) is 3.12. The van der Waals surface area contributed by atoms with E-state index in [0.717, 1.165) is 0 Å². The van der Waals surface area contributed by atoms with E-state index in [1.54, 1.807) is 24.3 Å². The summed E-state index contributed by atoms with van der Waals surface area (Å²) in [5.74, 6) is -1.11. The topological polar surface area (TPSA) is 75.6 Å². The monoisotopic (exact) mass is 305 g/mol. The van der Waals surface area contributed by atoms with Crippen LogP contribution in [0.2, 0.25) is 5.02 Å². The lowest BCUT2D eigenvalue weighted by Gasteiger charge is -2.09. The summed E-state index contributed by atoms with van der Waals surface area (Å²) in [7, 11) is 1.48. The van der Waals surface area contributed by atoms with Crippen molar-refractivity contribution in [3.05, 3.63) is 58.6 Å². The summed E-state index contributed by atoms with van der Waals surface area (Å²) in [6, 6.07) is 10.7. The van der Waals surface area contributed by atoms with Gasteiger partial charge in [0.05, 0.1) is 23.4 Å². The van der Waals surface area contributed by atoms with Crippen molar-refractivity contribution in [1.82, 2.24) is 0 Å². The maximum Gasteiger partial charge on any atom is 0.337 e. The van der Waals surface area contributed by atoms with Crippen LogP contribution in [0.5, 0.6) is 5.75 Å². The van der Waals surface area contributed by atoms with Gasteiger partial charge in [0.15, 0.2) is 0 Å². The van der Waals surface area contributed by atoms with E-state index >= 15 is 0 Å². The zero-order valence-corrected chi connectivity index (χ0v) is 11.8. The second-order valence-electron chi connectivity index (χ2n) is 4.15. The number of ether oxygens (including phenoxy) is 1. The second-order valence-corrected chi connectivity index (χ2v) is 4.56. The first-order valence-electron chi connectivity index (χ1n) is 6.00. The lowest BCUT2D eigenvalue weighted by molar-refractivity contribution is 0.0698. The highest BCUT2D eigenvalue weighted by Gasteiger charge is 2.14. The molecule has 2 aromatic rings. The maximum atomic E-state index is 12.1. The van der Waals surface area contributed by atoms with Crippen molar-refractivity contribution in [2.45, 2.75) is 0 Å². The predicted molar refractivity (Wildman–Crippen MR) is 79.4 cm³/mol. The molecule has 0 saturated carbocycles. The Kier molecular flexibility index (Phi) is 4.45. The lowest BCUT2D eigenvalue weighted by atomic mass is 10.1. The molecule has 0 aliphatic heterocycles. The first-order valence-corrected chi connectivity index (χ1v) is 6.38. The number of nitrogens with one attached hydrogen (secondary N) is 1. The molecule has 0 fully saturated rings. The predicted octanol–water partition coefficient (Wildman–Crippen LogP) is 3.30. The molecule has 0 spiro atoms. The molecule has 0 aliphatic carbocycles. The molecule has 0 unspecified atom stereocenters. The van der Waals surface area contributed by atoms with Crippen LogP contribution in [-0.2, 0) is 0 Å². The van der Waals surface area contributed by atoms with Gasteiger partial charge in [-0.2, -0.15) is 0 Å². The van der Waals surface area contributed by atoms with Crippen LogP contribution in [0.1, 0.15) is 20.7 Å². The fourth-order valence-electron chi connectivity index (χ4n) is 1.78. The van der Waals surface area contributed by atoms with E-state index in [-0.39, 0.29) is 11.3 Å². The Balaban J connectivity index is 2.26. The SMILES string of the molecule is COc1ccc(C(=O)Nc2ccccc2C(=O)O)cc1Cl. The number of carbonyl (C=O) groups is 2. The second kappa shape index (κ2) is 6.28. The number of amides is 1. The van der Waals surface area contributed by atoms with E-state index in [9.17, 15) is 9.59 Å². The lowest BCUT2D eigenvalue weighted by Crippen LogP contribution is -2.14. The van der Waals surface area contributed by atoms with Gasteiger partial charge in [0.2, 0.25) is 0 Å². The van der Waals surface area contributed by atoms with E-state index in [0.29, 0.717) is 16.3 Å². The smallest absolute Gasteiger partial charge is 0.337 e. The number of rotatable bonds is 4. The van der Waals surface area contributed by atoms with Crippen LogP contribution in [0, 0.1) is 0 Å². The highest BCUT2D eigenvalue weighted by Crippen LogP contribution is 2.25. The normalized spacial score (nSPS) is 10.0. The number of carboxylic acids is 1. The van der Waals surface area contributed by atoms with E-state index in [1.165, 1.54) is 25.3 Å². The minimum absolute atomic E-state index is 0.0189. The average Bonchev–Trinajstić information content (AvgIpc) is 2.47. The molecule has 2 N–H and O–H groups in total. The minimum Gasteiger partial charge on any atom is -0.495 e. The molecule has 2 aromatic carbocycles. The molecule has 0 atom stereocenters. The van der Waals surface area contributed by atoms with Crippen molar-refractivity contribution in [2.75, 3.05) is 12.4 Å². The van der Waals surface area contributed by atoms with Gasteiger partial charge < -0.3 is 15.2 Å². The number of anilines is 1. The van der Waals surface area contributed by atoms with Gasteiger partial charge in [0.25, 0.3) is 5.91 Å².